The fourth-order valence-electron chi connectivity index (χ4n) is 1.57. The van der Waals surface area contributed by atoms with Crippen LogP contribution < -0.4 is 11.1 Å². The Labute approximate surface area is 134 Å². The Hall–Kier alpha value is -2.54. The van der Waals surface area contributed by atoms with Gasteiger partial charge in [-0.25, -0.2) is 9.59 Å². The average Bonchev–Trinajstić information content (AvgIpc) is 2.44. The number of benzene rings is 1. The van der Waals surface area contributed by atoms with Gasteiger partial charge >= 0.3 is 12.1 Å². The van der Waals surface area contributed by atoms with Gasteiger partial charge in [0, 0.05) is 12.0 Å². The van der Waals surface area contributed by atoms with E-state index in [0.29, 0.717) is 11.1 Å². The van der Waals surface area contributed by atoms with E-state index in [9.17, 15) is 9.59 Å². The molecule has 7 nitrogen and oxygen atoms in total. The number of ether oxygens (including phenoxy) is 1. The fourth-order valence-corrected chi connectivity index (χ4v) is 1.57. The van der Waals surface area contributed by atoms with E-state index in [1.165, 1.54) is 6.08 Å². The van der Waals surface area contributed by atoms with Crippen molar-refractivity contribution in [3.05, 3.63) is 48.0 Å². The second-order valence-corrected chi connectivity index (χ2v) is 4.24. The minimum absolute atomic E-state index is 0. The molecule has 0 spiro atoms. The number of carbonyl (C=O) groups excluding carboxylic acids is 1. The largest absolute Gasteiger partial charge is 0.480 e. The molecule has 1 atom stereocenters. The van der Waals surface area contributed by atoms with Crippen LogP contribution in [-0.4, -0.2) is 35.7 Å². The van der Waals surface area contributed by atoms with E-state index < -0.39 is 18.1 Å². The number of hydrogen-bond acceptors (Lipinski definition) is 4. The molecule has 0 aromatic heterocycles. The van der Waals surface area contributed by atoms with Crippen LogP contribution in [0.5, 0.6) is 0 Å². The van der Waals surface area contributed by atoms with Crippen molar-refractivity contribution in [1.82, 2.24) is 5.32 Å². The molecule has 1 aromatic rings. The lowest BCUT2D eigenvalue weighted by Gasteiger charge is -2.14. The number of carboxylic acids is 1. The van der Waals surface area contributed by atoms with Gasteiger partial charge in [-0.2, -0.15) is 0 Å². The summed E-state index contributed by atoms with van der Waals surface area (Å²) in [4.78, 5) is 22.5. The molecular formula is C14H18ClN3O4. The van der Waals surface area contributed by atoms with Gasteiger partial charge in [-0.05, 0) is 5.56 Å². The predicted octanol–water partition coefficient (Wildman–Crippen LogP) is 1.30. The van der Waals surface area contributed by atoms with Crippen LogP contribution in [-0.2, 0) is 16.0 Å². The van der Waals surface area contributed by atoms with Gasteiger partial charge in [0.15, 0.2) is 0 Å². The van der Waals surface area contributed by atoms with Gasteiger partial charge in [-0.1, -0.05) is 36.9 Å². The highest BCUT2D eigenvalue weighted by atomic mass is 35.5. The van der Waals surface area contributed by atoms with Crippen molar-refractivity contribution < 1.29 is 19.4 Å². The van der Waals surface area contributed by atoms with Crippen LogP contribution in [0.2, 0.25) is 0 Å². The summed E-state index contributed by atoms with van der Waals surface area (Å²) >= 11 is 0. The second-order valence-electron chi connectivity index (χ2n) is 4.24. The highest BCUT2D eigenvalue weighted by Gasteiger charge is 2.21. The first-order valence-electron chi connectivity index (χ1n) is 6.14. The Balaban J connectivity index is 0.00000441. The normalized spacial score (nSPS) is 10.7. The van der Waals surface area contributed by atoms with Crippen LogP contribution in [0.1, 0.15) is 11.1 Å². The molecule has 0 saturated heterocycles. The maximum Gasteiger partial charge on any atom is 0.408 e. The summed E-state index contributed by atoms with van der Waals surface area (Å²) in [5, 5.41) is 18.6. The summed E-state index contributed by atoms with van der Waals surface area (Å²) in [7, 11) is 0. The number of halogens is 1. The quantitative estimate of drug-likeness (QED) is 0.341. The SMILES string of the molecule is C=CCOC(=O)N[C@@H](Cc1ccc(C(=N)N)cc1)C(=O)O.Cl. The lowest BCUT2D eigenvalue weighted by molar-refractivity contribution is -0.139. The first-order chi connectivity index (χ1) is 9.93. The molecule has 1 rings (SSSR count). The summed E-state index contributed by atoms with van der Waals surface area (Å²) in [6, 6.07) is 5.44. The van der Waals surface area contributed by atoms with Crippen molar-refractivity contribution in [2.24, 2.45) is 5.73 Å². The van der Waals surface area contributed by atoms with E-state index in [2.05, 4.69) is 16.6 Å². The van der Waals surface area contributed by atoms with Crippen molar-refractivity contribution in [1.29, 1.82) is 5.41 Å². The number of carbonyl (C=O) groups is 2. The van der Waals surface area contributed by atoms with Gasteiger partial charge in [0.25, 0.3) is 0 Å². The monoisotopic (exact) mass is 327 g/mol. The molecule has 120 valence electrons. The Morgan fingerprint density at radius 1 is 1.41 bits per heavy atom. The number of rotatable bonds is 7. The lowest BCUT2D eigenvalue weighted by Crippen LogP contribution is -2.42. The van der Waals surface area contributed by atoms with Crippen LogP contribution in [0.4, 0.5) is 4.79 Å². The van der Waals surface area contributed by atoms with E-state index in [4.69, 9.17) is 16.2 Å². The number of nitrogen functional groups attached to an aromatic ring is 1. The standard InChI is InChI=1S/C14H17N3O4.ClH/c1-2-7-21-14(20)17-11(13(18)19)8-9-3-5-10(6-4-9)12(15)16;/h2-6,11H,1,7-8H2,(H3,15,16)(H,17,20)(H,18,19);1H/t11-;/m0./s1. The summed E-state index contributed by atoms with van der Waals surface area (Å²) in [6.07, 6.45) is 0.662. The van der Waals surface area contributed by atoms with Crippen LogP contribution in [0.3, 0.4) is 0 Å². The summed E-state index contributed by atoms with van der Waals surface area (Å²) in [6.45, 7) is 3.39. The van der Waals surface area contributed by atoms with Crippen molar-refractivity contribution >= 4 is 30.3 Å². The topological polar surface area (TPSA) is 126 Å². The summed E-state index contributed by atoms with van der Waals surface area (Å²) in [5.74, 6) is -1.23. The highest BCUT2D eigenvalue weighted by molar-refractivity contribution is 5.94. The van der Waals surface area contributed by atoms with E-state index >= 15 is 0 Å². The third kappa shape index (κ3) is 6.27. The highest BCUT2D eigenvalue weighted by Crippen LogP contribution is 2.07. The molecule has 0 radical (unpaired) electrons. The summed E-state index contributed by atoms with van der Waals surface area (Å²) < 4.78 is 4.68. The molecule has 0 unspecified atom stereocenters. The minimum Gasteiger partial charge on any atom is -0.480 e. The van der Waals surface area contributed by atoms with E-state index in [1.54, 1.807) is 24.3 Å². The smallest absolute Gasteiger partial charge is 0.408 e. The molecule has 0 saturated carbocycles. The third-order valence-electron chi connectivity index (χ3n) is 2.63. The van der Waals surface area contributed by atoms with Crippen molar-refractivity contribution in [2.75, 3.05) is 6.61 Å². The lowest BCUT2D eigenvalue weighted by atomic mass is 10.0. The van der Waals surface area contributed by atoms with Crippen LogP contribution in [0, 0.1) is 5.41 Å². The number of amidine groups is 1. The van der Waals surface area contributed by atoms with Crippen molar-refractivity contribution in [3.8, 4) is 0 Å². The van der Waals surface area contributed by atoms with Gasteiger partial charge in [0.05, 0.1) is 0 Å². The molecule has 0 aliphatic heterocycles. The Morgan fingerprint density at radius 3 is 2.45 bits per heavy atom. The average molecular weight is 328 g/mol. The van der Waals surface area contributed by atoms with Crippen LogP contribution >= 0.6 is 12.4 Å². The molecule has 22 heavy (non-hydrogen) atoms. The van der Waals surface area contributed by atoms with Gasteiger partial charge < -0.3 is 20.9 Å². The van der Waals surface area contributed by atoms with Gasteiger partial charge in [-0.3, -0.25) is 5.41 Å². The molecule has 0 fully saturated rings. The summed E-state index contributed by atoms with van der Waals surface area (Å²) in [5.41, 5.74) is 6.57. The molecule has 0 aliphatic rings. The van der Waals surface area contributed by atoms with Crippen molar-refractivity contribution in [3.63, 3.8) is 0 Å². The number of carboxylic acid groups (broad SMARTS) is 1. The number of amides is 1. The zero-order valence-electron chi connectivity index (χ0n) is 11.7. The second kappa shape index (κ2) is 9.41. The van der Waals surface area contributed by atoms with Gasteiger partial charge in [0.2, 0.25) is 0 Å². The Kier molecular flexibility index (Phi) is 8.32. The maximum atomic E-state index is 11.4. The van der Waals surface area contributed by atoms with Crippen molar-refractivity contribution in [2.45, 2.75) is 12.5 Å². The third-order valence-corrected chi connectivity index (χ3v) is 2.63. The zero-order valence-corrected chi connectivity index (χ0v) is 12.6. The molecular weight excluding hydrogens is 310 g/mol. The number of nitrogens with one attached hydrogen (secondary N) is 2. The van der Waals surface area contributed by atoms with Gasteiger partial charge in [-0.15, -0.1) is 12.4 Å². The molecule has 0 bridgehead atoms. The molecule has 8 heteroatoms. The molecule has 1 amide bonds. The zero-order chi connectivity index (χ0) is 15.8. The first-order valence-corrected chi connectivity index (χ1v) is 6.14. The molecule has 1 aromatic carbocycles. The van der Waals surface area contributed by atoms with Crippen LogP contribution in [0.15, 0.2) is 36.9 Å². The number of hydrogen-bond donors (Lipinski definition) is 4. The first kappa shape index (κ1) is 19.5. The molecule has 5 N–H and O–H groups in total. The Bertz CT molecular complexity index is 546. The predicted molar refractivity (Wildman–Crippen MR) is 84.5 cm³/mol. The number of alkyl carbamates (subject to hydrolysis) is 1. The number of aliphatic carboxylic acids is 1. The number of nitrogens with two attached hydrogens (primary N) is 1. The minimum atomic E-state index is -1.17. The van der Waals surface area contributed by atoms with E-state index in [-0.39, 0.29) is 31.3 Å². The van der Waals surface area contributed by atoms with Crippen LogP contribution in [0.25, 0.3) is 0 Å². The van der Waals surface area contributed by atoms with E-state index in [0.717, 1.165) is 0 Å². The molecule has 0 aliphatic carbocycles. The fraction of sp³-hybridized carbons (Fsp3) is 0.214. The molecule has 0 heterocycles. The Morgan fingerprint density at radius 2 is 2.00 bits per heavy atom. The van der Waals surface area contributed by atoms with Gasteiger partial charge in [0.1, 0.15) is 18.5 Å². The van der Waals surface area contributed by atoms with E-state index in [1.807, 2.05) is 0 Å². The maximum absolute atomic E-state index is 11.4.